The molecule has 0 saturated carbocycles. The molecule has 3 rings (SSSR count). The normalized spacial score (nSPS) is 44.7. The van der Waals surface area contributed by atoms with Crippen LogP contribution < -0.4 is 0 Å². The van der Waals surface area contributed by atoms with Crippen molar-refractivity contribution in [2.45, 2.75) is 57.1 Å². The lowest BCUT2D eigenvalue weighted by atomic mass is 10.0. The summed E-state index contributed by atoms with van der Waals surface area (Å²) in [6.07, 6.45) is 2.15. The van der Waals surface area contributed by atoms with Crippen LogP contribution in [0.4, 0.5) is 0 Å². The molecule has 0 aromatic rings. The molecule has 0 radical (unpaired) electrons. The van der Waals surface area contributed by atoms with Gasteiger partial charge in [-0.1, -0.05) is 6.08 Å². The average Bonchev–Trinajstić information content (AvgIpc) is 2.79. The summed E-state index contributed by atoms with van der Waals surface area (Å²) in [6, 6.07) is 0. The summed E-state index contributed by atoms with van der Waals surface area (Å²) in [5, 5.41) is 1.02. The Labute approximate surface area is 96.3 Å². The Balaban J connectivity index is 1.95. The fourth-order valence-corrected chi connectivity index (χ4v) is 4.12. The first-order chi connectivity index (χ1) is 7.28. The van der Waals surface area contributed by atoms with Gasteiger partial charge in [0.1, 0.15) is 24.4 Å². The minimum atomic E-state index is -2.34. The van der Waals surface area contributed by atoms with Crippen LogP contribution in [-0.2, 0) is 14.2 Å². The van der Waals surface area contributed by atoms with Crippen LogP contribution >= 0.6 is 0 Å². The van der Waals surface area contributed by atoms with Gasteiger partial charge in [0.15, 0.2) is 5.79 Å². The van der Waals surface area contributed by atoms with Gasteiger partial charge in [0.05, 0.1) is 0 Å². The molecule has 1 N–H and O–H groups in total. The highest BCUT2D eigenvalue weighted by Crippen LogP contribution is 2.46. The van der Waals surface area contributed by atoms with Crippen molar-refractivity contribution >= 4 is 8.32 Å². The zero-order valence-corrected chi connectivity index (χ0v) is 11.1. The first-order valence-electron chi connectivity index (χ1n) is 5.74. The van der Waals surface area contributed by atoms with Crippen molar-refractivity contribution in [1.29, 1.82) is 0 Å². The first-order valence-corrected chi connectivity index (χ1v) is 8.68. The van der Waals surface area contributed by atoms with Crippen molar-refractivity contribution in [3.8, 4) is 0 Å². The van der Waals surface area contributed by atoms with E-state index in [4.69, 9.17) is 14.2 Å². The summed E-state index contributed by atoms with van der Waals surface area (Å²) in [5.41, 5.74) is 0. The number of hydrogen-bond acceptors (Lipinski definition) is 4. The minimum Gasteiger partial charge on any atom is -0.428 e. The Morgan fingerprint density at radius 3 is 2.56 bits per heavy atom. The van der Waals surface area contributed by atoms with E-state index in [1.807, 2.05) is 33.0 Å². The van der Waals surface area contributed by atoms with Crippen molar-refractivity contribution in [1.82, 2.24) is 0 Å². The van der Waals surface area contributed by atoms with Gasteiger partial charge in [-0.2, -0.15) is 0 Å². The Hall–Kier alpha value is -0.203. The Kier molecular flexibility index (Phi) is 2.03. The molecule has 4 atom stereocenters. The molecule has 90 valence electrons. The van der Waals surface area contributed by atoms with Crippen LogP contribution in [0.15, 0.2) is 11.3 Å². The highest BCUT2D eigenvalue weighted by molar-refractivity contribution is 6.77. The second-order valence-electron chi connectivity index (χ2n) is 5.77. The maximum atomic E-state index is 10.3. The lowest BCUT2D eigenvalue weighted by Crippen LogP contribution is -2.44. The van der Waals surface area contributed by atoms with E-state index in [2.05, 4.69) is 0 Å². The molecule has 0 spiro atoms. The summed E-state index contributed by atoms with van der Waals surface area (Å²) in [6.45, 7) is 7.64. The number of epoxide rings is 1. The lowest BCUT2D eigenvalue weighted by molar-refractivity contribution is -0.144. The molecular weight excluding hydrogens is 224 g/mol. The van der Waals surface area contributed by atoms with Gasteiger partial charge < -0.3 is 19.0 Å². The van der Waals surface area contributed by atoms with Crippen molar-refractivity contribution in [3.05, 3.63) is 11.3 Å². The fourth-order valence-electron chi connectivity index (χ4n) is 2.63. The molecular formula is C11H18O4Si. The summed E-state index contributed by atoms with van der Waals surface area (Å²) >= 11 is 0. The van der Waals surface area contributed by atoms with E-state index in [0.717, 1.165) is 5.20 Å². The molecule has 4 nitrogen and oxygen atoms in total. The smallest absolute Gasteiger partial charge is 0.212 e. The first kappa shape index (κ1) is 10.9. The predicted molar refractivity (Wildman–Crippen MR) is 60.3 cm³/mol. The fraction of sp³-hybridized carbons (Fsp3) is 0.818. The third kappa shape index (κ3) is 1.58. The SMILES string of the molecule is CC1(C)O[C@@H]2C([Si](C)(C)O)=CC3OC3[C@@H]2O1. The van der Waals surface area contributed by atoms with E-state index in [1.54, 1.807) is 0 Å². The predicted octanol–water partition coefficient (Wildman–Crippen LogP) is 0.950. The molecule has 1 aliphatic carbocycles. The van der Waals surface area contributed by atoms with Crippen molar-refractivity contribution in [2.24, 2.45) is 0 Å². The topological polar surface area (TPSA) is 51.2 Å². The Morgan fingerprint density at radius 1 is 1.25 bits per heavy atom. The molecule has 16 heavy (non-hydrogen) atoms. The average molecular weight is 242 g/mol. The summed E-state index contributed by atoms with van der Waals surface area (Å²) in [4.78, 5) is 10.3. The quantitative estimate of drug-likeness (QED) is 0.549. The summed E-state index contributed by atoms with van der Waals surface area (Å²) < 4.78 is 17.3. The van der Waals surface area contributed by atoms with E-state index in [0.29, 0.717) is 0 Å². The second kappa shape index (κ2) is 2.97. The van der Waals surface area contributed by atoms with Gasteiger partial charge in [-0.25, -0.2) is 0 Å². The highest BCUT2D eigenvalue weighted by atomic mass is 28.4. The third-order valence-corrected chi connectivity index (χ3v) is 5.24. The molecule has 2 saturated heterocycles. The van der Waals surface area contributed by atoms with Crippen LogP contribution in [0.25, 0.3) is 0 Å². The standard InChI is InChI=1S/C11H18O4Si/c1-11(2)14-9-7(16(3,4)12)5-6-8(13-6)10(9)15-11/h5-6,8-10,12H,1-4H3/t6?,8?,9-,10+/m1/s1. The van der Waals surface area contributed by atoms with Gasteiger partial charge in [-0.15, -0.1) is 0 Å². The summed E-state index contributed by atoms with van der Waals surface area (Å²) in [7, 11) is -2.34. The monoisotopic (exact) mass is 242 g/mol. The van der Waals surface area contributed by atoms with E-state index in [1.165, 1.54) is 0 Å². The molecule has 2 aliphatic heterocycles. The highest BCUT2D eigenvalue weighted by Gasteiger charge is 2.60. The van der Waals surface area contributed by atoms with Gasteiger partial charge in [-0.3, -0.25) is 0 Å². The van der Waals surface area contributed by atoms with Crippen LogP contribution in [-0.4, -0.2) is 43.3 Å². The van der Waals surface area contributed by atoms with Crippen molar-refractivity contribution < 1.29 is 19.0 Å². The van der Waals surface area contributed by atoms with Crippen LogP contribution in [0, 0.1) is 0 Å². The van der Waals surface area contributed by atoms with E-state index >= 15 is 0 Å². The molecule has 0 aromatic carbocycles. The van der Waals surface area contributed by atoms with Crippen LogP contribution in [0.3, 0.4) is 0 Å². The van der Waals surface area contributed by atoms with Crippen molar-refractivity contribution in [2.75, 3.05) is 0 Å². The minimum absolute atomic E-state index is 0.0427. The molecule has 2 heterocycles. The molecule has 2 unspecified atom stereocenters. The number of fused-ring (bicyclic) bond motifs is 3. The van der Waals surface area contributed by atoms with Gasteiger partial charge >= 0.3 is 0 Å². The number of ether oxygens (including phenoxy) is 3. The Morgan fingerprint density at radius 2 is 1.94 bits per heavy atom. The second-order valence-corrected chi connectivity index (χ2v) is 9.46. The zero-order chi connectivity index (χ0) is 11.7. The van der Waals surface area contributed by atoms with Gasteiger partial charge in [0.25, 0.3) is 0 Å². The van der Waals surface area contributed by atoms with E-state index < -0.39 is 14.1 Å². The third-order valence-electron chi connectivity index (χ3n) is 3.37. The van der Waals surface area contributed by atoms with Crippen LogP contribution in [0.5, 0.6) is 0 Å². The van der Waals surface area contributed by atoms with Crippen LogP contribution in [0.2, 0.25) is 13.1 Å². The molecule has 5 heteroatoms. The summed E-state index contributed by atoms with van der Waals surface area (Å²) in [5.74, 6) is -0.574. The number of hydrogen-bond donors (Lipinski definition) is 1. The van der Waals surface area contributed by atoms with Gasteiger partial charge in [0, 0.05) is 0 Å². The van der Waals surface area contributed by atoms with Crippen molar-refractivity contribution in [3.63, 3.8) is 0 Å². The largest absolute Gasteiger partial charge is 0.428 e. The maximum Gasteiger partial charge on any atom is 0.212 e. The molecule has 0 amide bonds. The van der Waals surface area contributed by atoms with E-state index in [9.17, 15) is 4.80 Å². The zero-order valence-electron chi connectivity index (χ0n) is 10.1. The molecule has 0 aromatic heterocycles. The molecule has 0 bridgehead atoms. The Bertz CT molecular complexity index is 357. The van der Waals surface area contributed by atoms with E-state index in [-0.39, 0.29) is 24.4 Å². The van der Waals surface area contributed by atoms with Gasteiger partial charge in [0.2, 0.25) is 8.32 Å². The molecule has 3 aliphatic rings. The number of rotatable bonds is 1. The van der Waals surface area contributed by atoms with Crippen LogP contribution in [0.1, 0.15) is 13.8 Å². The van der Waals surface area contributed by atoms with Gasteiger partial charge in [-0.05, 0) is 32.1 Å². The maximum absolute atomic E-state index is 10.3. The lowest BCUT2D eigenvalue weighted by Gasteiger charge is -2.28. The molecule has 2 fully saturated rings.